The SMILES string of the molecule is CC(=O)O[C@@H]1CC[C@@]2(C)C(CC[C@H]3[C@@H]4CC[C@H]([C@H](C)CCC(=O)OC(C(F)(F)F)C(F)(F)S(=O)(=O)O)[C@@]4(C)[C@@H](OC(C)=O)C[C@@H]32)C1. The minimum atomic E-state index is -6.53. The lowest BCUT2D eigenvalue weighted by molar-refractivity contribution is -0.259. The van der Waals surface area contributed by atoms with Crippen LogP contribution in [0.4, 0.5) is 22.0 Å². The lowest BCUT2D eigenvalue weighted by atomic mass is 9.43. The van der Waals surface area contributed by atoms with Crippen LogP contribution in [-0.4, -0.2) is 60.6 Å². The molecule has 9 nitrogen and oxygen atoms in total. The van der Waals surface area contributed by atoms with Crippen molar-refractivity contribution >= 4 is 28.0 Å². The van der Waals surface area contributed by atoms with Gasteiger partial charge in [-0.3, -0.25) is 18.9 Å². The average molecular weight is 689 g/mol. The molecule has 4 aliphatic carbocycles. The van der Waals surface area contributed by atoms with E-state index < -0.39 is 57.5 Å². The molecule has 0 saturated heterocycles. The van der Waals surface area contributed by atoms with Crippen LogP contribution in [0, 0.1) is 46.3 Å². The topological polar surface area (TPSA) is 133 Å². The van der Waals surface area contributed by atoms with Crippen LogP contribution in [0.1, 0.15) is 98.8 Å². The maximum atomic E-state index is 13.9. The van der Waals surface area contributed by atoms with E-state index in [1.165, 1.54) is 13.8 Å². The first-order chi connectivity index (χ1) is 21.0. The Morgan fingerprint density at radius 1 is 0.913 bits per heavy atom. The third-order valence-electron chi connectivity index (χ3n) is 12.1. The standard InChI is InChI=1S/C31H45F5O9S/c1-16(6-11-26(39)45-27(30(32,33)34)31(35,36)46(40,41)42)22-9-10-23-21-8-7-19-14-20(43-17(2)37)12-13-28(19,4)24(21)15-25(29(22,23)5)44-18(3)38/h16,19-25,27H,6-15H2,1-5H3,(H,40,41,42)/t16-,19?,20-,21+,22-,23+,24+,25+,27?,28+,29-/m1/s1. The summed E-state index contributed by atoms with van der Waals surface area (Å²) in [6, 6.07) is 0. The van der Waals surface area contributed by atoms with Crippen molar-refractivity contribution in [2.24, 2.45) is 46.3 Å². The zero-order chi connectivity index (χ0) is 34.6. The number of esters is 3. The normalized spacial score (nSPS) is 37.6. The van der Waals surface area contributed by atoms with Gasteiger partial charge in [0.15, 0.2) is 0 Å². The number of rotatable bonds is 9. The minimum Gasteiger partial charge on any atom is -0.463 e. The van der Waals surface area contributed by atoms with Crippen LogP contribution < -0.4 is 0 Å². The van der Waals surface area contributed by atoms with Crippen LogP contribution in [-0.2, 0) is 38.7 Å². The molecule has 4 fully saturated rings. The molecule has 46 heavy (non-hydrogen) atoms. The molecule has 4 rings (SSSR count). The highest BCUT2D eigenvalue weighted by Crippen LogP contribution is 2.69. The van der Waals surface area contributed by atoms with E-state index in [1.807, 2.05) is 6.92 Å². The lowest BCUT2D eigenvalue weighted by Gasteiger charge is -2.62. The van der Waals surface area contributed by atoms with Gasteiger partial charge in [0.25, 0.3) is 6.10 Å². The second-order valence-corrected chi connectivity index (χ2v) is 16.0. The lowest BCUT2D eigenvalue weighted by Crippen LogP contribution is -2.59. The van der Waals surface area contributed by atoms with Crippen LogP contribution in [0.5, 0.6) is 0 Å². The van der Waals surface area contributed by atoms with Crippen molar-refractivity contribution in [2.45, 2.75) is 129 Å². The zero-order valence-electron chi connectivity index (χ0n) is 26.8. The molecule has 15 heteroatoms. The predicted octanol–water partition coefficient (Wildman–Crippen LogP) is 6.49. The summed E-state index contributed by atoms with van der Waals surface area (Å²) >= 11 is 0. The van der Waals surface area contributed by atoms with Gasteiger partial charge in [0.2, 0.25) is 0 Å². The Labute approximate surface area is 266 Å². The highest BCUT2D eigenvalue weighted by atomic mass is 32.2. The van der Waals surface area contributed by atoms with Gasteiger partial charge in [-0.1, -0.05) is 20.8 Å². The number of halogens is 5. The van der Waals surface area contributed by atoms with Crippen molar-refractivity contribution in [1.82, 2.24) is 0 Å². The molecule has 0 aromatic heterocycles. The maximum absolute atomic E-state index is 13.9. The van der Waals surface area contributed by atoms with E-state index in [-0.39, 0.29) is 47.6 Å². The fraction of sp³-hybridized carbons (Fsp3) is 0.903. The van der Waals surface area contributed by atoms with Gasteiger partial charge < -0.3 is 14.2 Å². The number of carbonyl (C=O) groups excluding carboxylic acids is 3. The number of carbonyl (C=O) groups is 3. The molecule has 1 N–H and O–H groups in total. The Hall–Kier alpha value is -2.03. The van der Waals surface area contributed by atoms with Gasteiger partial charge in [-0.05, 0) is 98.7 Å². The van der Waals surface area contributed by atoms with E-state index >= 15 is 0 Å². The Morgan fingerprint density at radius 3 is 2.11 bits per heavy atom. The Kier molecular flexibility index (Phi) is 10.2. The van der Waals surface area contributed by atoms with Crippen molar-refractivity contribution in [3.8, 4) is 0 Å². The van der Waals surface area contributed by atoms with Crippen LogP contribution in [0.25, 0.3) is 0 Å². The first kappa shape index (κ1) is 36.8. The van der Waals surface area contributed by atoms with Crippen LogP contribution in [0.3, 0.4) is 0 Å². The molecule has 4 aliphatic rings. The van der Waals surface area contributed by atoms with Gasteiger partial charge in [-0.25, -0.2) is 0 Å². The minimum absolute atomic E-state index is 0.0357. The highest BCUT2D eigenvalue weighted by molar-refractivity contribution is 7.86. The van der Waals surface area contributed by atoms with Gasteiger partial charge in [-0.2, -0.15) is 30.4 Å². The van der Waals surface area contributed by atoms with Gasteiger partial charge >= 0.3 is 39.5 Å². The van der Waals surface area contributed by atoms with E-state index in [4.69, 9.17) is 14.0 Å². The average Bonchev–Trinajstić information content (AvgIpc) is 3.27. The smallest absolute Gasteiger partial charge is 0.432 e. The molecule has 2 unspecified atom stereocenters. The molecule has 0 radical (unpaired) electrons. The Balaban J connectivity index is 1.50. The van der Waals surface area contributed by atoms with Gasteiger partial charge in [0.05, 0.1) is 0 Å². The molecule has 4 saturated carbocycles. The molecule has 0 amide bonds. The molecule has 11 atom stereocenters. The van der Waals surface area contributed by atoms with E-state index in [9.17, 15) is 44.8 Å². The van der Waals surface area contributed by atoms with Crippen LogP contribution in [0.2, 0.25) is 0 Å². The molecule has 0 aromatic rings. The molecule has 0 aliphatic heterocycles. The third-order valence-corrected chi connectivity index (χ3v) is 13.0. The number of fused-ring (bicyclic) bond motifs is 5. The van der Waals surface area contributed by atoms with E-state index in [0.29, 0.717) is 24.7 Å². The summed E-state index contributed by atoms with van der Waals surface area (Å²) in [6.07, 6.45) is -5.10. The fourth-order valence-corrected chi connectivity index (χ4v) is 10.5. The zero-order valence-corrected chi connectivity index (χ0v) is 27.6. The quantitative estimate of drug-likeness (QED) is 0.125. The summed E-state index contributed by atoms with van der Waals surface area (Å²) in [5.41, 5.74) is -0.549. The number of hydrogen-bond acceptors (Lipinski definition) is 8. The summed E-state index contributed by atoms with van der Waals surface area (Å²) < 4.78 is 114. The molecular weight excluding hydrogens is 643 g/mol. The van der Waals surface area contributed by atoms with Crippen molar-refractivity contribution in [3.63, 3.8) is 0 Å². The monoisotopic (exact) mass is 688 g/mol. The molecule has 0 spiro atoms. The number of ether oxygens (including phenoxy) is 3. The van der Waals surface area contributed by atoms with Crippen molar-refractivity contribution in [1.29, 1.82) is 0 Å². The van der Waals surface area contributed by atoms with Crippen molar-refractivity contribution in [2.75, 3.05) is 0 Å². The summed E-state index contributed by atoms with van der Waals surface area (Å²) in [7, 11) is -6.53. The first-order valence-electron chi connectivity index (χ1n) is 16.0. The van der Waals surface area contributed by atoms with Gasteiger partial charge in [0.1, 0.15) is 12.2 Å². The van der Waals surface area contributed by atoms with Gasteiger partial charge in [-0.15, -0.1) is 0 Å². The van der Waals surface area contributed by atoms with E-state index in [0.717, 1.165) is 38.5 Å². The fourth-order valence-electron chi connectivity index (χ4n) is 10.0. The summed E-state index contributed by atoms with van der Waals surface area (Å²) in [6.45, 7) is 8.95. The molecule has 264 valence electrons. The second-order valence-electron chi connectivity index (χ2n) is 14.5. The number of hydrogen-bond donors (Lipinski definition) is 1. The van der Waals surface area contributed by atoms with Crippen LogP contribution in [0.15, 0.2) is 0 Å². The molecule has 0 bridgehead atoms. The summed E-state index contributed by atoms with van der Waals surface area (Å²) in [4.78, 5) is 36.4. The van der Waals surface area contributed by atoms with E-state index in [1.54, 1.807) is 0 Å². The summed E-state index contributed by atoms with van der Waals surface area (Å²) in [5, 5.41) is -5.79. The third kappa shape index (κ3) is 6.78. The van der Waals surface area contributed by atoms with Crippen molar-refractivity contribution < 1.29 is 63.5 Å². The Morgan fingerprint density at radius 2 is 1.54 bits per heavy atom. The molecular formula is C31H45F5O9S. The van der Waals surface area contributed by atoms with Crippen molar-refractivity contribution in [3.05, 3.63) is 0 Å². The first-order valence-corrected chi connectivity index (χ1v) is 17.4. The summed E-state index contributed by atoms with van der Waals surface area (Å²) in [5.74, 6) is -1.70. The van der Waals surface area contributed by atoms with E-state index in [2.05, 4.69) is 18.6 Å². The number of alkyl halides is 5. The largest absolute Gasteiger partial charge is 0.463 e. The van der Waals surface area contributed by atoms with Gasteiger partial charge in [0, 0.05) is 25.7 Å². The van der Waals surface area contributed by atoms with Crippen LogP contribution >= 0.6 is 0 Å². The molecule has 0 aromatic carbocycles. The highest BCUT2D eigenvalue weighted by Gasteiger charge is 2.67. The predicted molar refractivity (Wildman–Crippen MR) is 153 cm³/mol. The molecule has 0 heterocycles. The Bertz CT molecular complexity index is 1290. The maximum Gasteiger partial charge on any atom is 0.432 e. The second kappa shape index (κ2) is 12.8.